The molecule has 1 aromatic heterocycles. The fourth-order valence-electron chi connectivity index (χ4n) is 1.87. The maximum Gasteiger partial charge on any atom is 0.263 e. The molecular formula is C14H23N3OS2. The Morgan fingerprint density at radius 2 is 2.20 bits per heavy atom. The molecule has 1 aliphatic rings. The van der Waals surface area contributed by atoms with Gasteiger partial charge in [-0.3, -0.25) is 4.79 Å². The number of nitrogen functional groups attached to an aromatic ring is 1. The van der Waals surface area contributed by atoms with Crippen molar-refractivity contribution < 1.29 is 4.79 Å². The average Bonchev–Trinajstić information content (AvgIpc) is 3.13. The van der Waals surface area contributed by atoms with Gasteiger partial charge in [0.25, 0.3) is 5.91 Å². The molecular weight excluding hydrogens is 290 g/mol. The van der Waals surface area contributed by atoms with Gasteiger partial charge in [-0.1, -0.05) is 13.8 Å². The molecule has 4 nitrogen and oxygen atoms in total. The molecule has 1 amide bonds. The summed E-state index contributed by atoms with van der Waals surface area (Å²) in [6.45, 7) is 5.32. The molecule has 20 heavy (non-hydrogen) atoms. The maximum atomic E-state index is 12.2. The fourth-order valence-corrected chi connectivity index (χ4v) is 3.83. The molecule has 0 spiro atoms. The molecule has 1 aliphatic carbocycles. The minimum absolute atomic E-state index is 0.0257. The third-order valence-electron chi connectivity index (χ3n) is 3.23. The number of carbonyl (C=O) groups excluding carboxylic acids is 1. The third kappa shape index (κ3) is 3.82. The quantitative estimate of drug-likeness (QED) is 0.675. The Morgan fingerprint density at radius 3 is 2.75 bits per heavy atom. The van der Waals surface area contributed by atoms with Gasteiger partial charge in [0.2, 0.25) is 0 Å². The summed E-state index contributed by atoms with van der Waals surface area (Å²) in [6, 6.07) is 0.360. The van der Waals surface area contributed by atoms with Crippen LogP contribution in [0.1, 0.15) is 42.8 Å². The first-order chi connectivity index (χ1) is 9.52. The van der Waals surface area contributed by atoms with E-state index in [0.29, 0.717) is 22.5 Å². The summed E-state index contributed by atoms with van der Waals surface area (Å²) in [5, 5.41) is 7.45. The summed E-state index contributed by atoms with van der Waals surface area (Å²) < 4.78 is 0. The highest BCUT2D eigenvalue weighted by molar-refractivity contribution is 7.99. The molecule has 0 aliphatic heterocycles. The zero-order valence-corrected chi connectivity index (χ0v) is 13.9. The second-order valence-electron chi connectivity index (χ2n) is 5.56. The number of thioether (sulfide) groups is 1. The number of hydrogen-bond donors (Lipinski definition) is 3. The van der Waals surface area contributed by atoms with Crippen LogP contribution in [0.15, 0.2) is 4.90 Å². The van der Waals surface area contributed by atoms with Crippen LogP contribution in [-0.2, 0) is 0 Å². The van der Waals surface area contributed by atoms with E-state index in [1.165, 1.54) is 11.3 Å². The lowest BCUT2D eigenvalue weighted by Crippen LogP contribution is -2.25. The number of nitrogens with one attached hydrogen (secondary N) is 2. The summed E-state index contributed by atoms with van der Waals surface area (Å²) in [6.07, 6.45) is 5.28. The Bertz CT molecular complexity index is 481. The topological polar surface area (TPSA) is 67.2 Å². The number of thiophene rings is 1. The molecule has 1 saturated carbocycles. The van der Waals surface area contributed by atoms with E-state index in [4.69, 9.17) is 5.73 Å². The van der Waals surface area contributed by atoms with Crippen molar-refractivity contribution >= 4 is 39.7 Å². The van der Waals surface area contributed by atoms with Gasteiger partial charge < -0.3 is 16.4 Å². The SMILES string of the molecule is CSc1c(NCCC(C)C)sc(C(=O)NC2CC2)c1N. The summed E-state index contributed by atoms with van der Waals surface area (Å²) in [4.78, 5) is 13.8. The van der Waals surface area contributed by atoms with Crippen LogP contribution in [0.25, 0.3) is 0 Å². The number of hydrogen-bond acceptors (Lipinski definition) is 5. The van der Waals surface area contributed by atoms with E-state index >= 15 is 0 Å². The number of amides is 1. The lowest BCUT2D eigenvalue weighted by atomic mass is 10.1. The lowest BCUT2D eigenvalue weighted by molar-refractivity contribution is 0.0956. The second kappa shape index (κ2) is 6.72. The highest BCUT2D eigenvalue weighted by atomic mass is 32.2. The van der Waals surface area contributed by atoms with Crippen LogP contribution in [0.2, 0.25) is 0 Å². The van der Waals surface area contributed by atoms with Crippen molar-refractivity contribution in [2.75, 3.05) is 23.9 Å². The van der Waals surface area contributed by atoms with Gasteiger partial charge in [-0.25, -0.2) is 0 Å². The Labute approximate surface area is 128 Å². The van der Waals surface area contributed by atoms with Crippen LogP contribution in [0.5, 0.6) is 0 Å². The van der Waals surface area contributed by atoms with Gasteiger partial charge in [0.05, 0.1) is 10.6 Å². The van der Waals surface area contributed by atoms with Crippen LogP contribution in [0, 0.1) is 5.92 Å². The van der Waals surface area contributed by atoms with Crippen molar-refractivity contribution in [3.63, 3.8) is 0 Å². The minimum atomic E-state index is -0.0257. The standard InChI is InChI=1S/C14H23N3OS2/c1-8(2)6-7-16-14-12(19-3)10(15)11(20-14)13(18)17-9-4-5-9/h8-9,16H,4-7,15H2,1-3H3,(H,17,18). The fraction of sp³-hybridized carbons (Fsp3) is 0.643. The van der Waals surface area contributed by atoms with Gasteiger partial charge in [-0.2, -0.15) is 0 Å². The summed E-state index contributed by atoms with van der Waals surface area (Å²) in [5.41, 5.74) is 6.75. The van der Waals surface area contributed by atoms with E-state index in [1.807, 2.05) is 6.26 Å². The molecule has 1 aromatic rings. The highest BCUT2D eigenvalue weighted by Gasteiger charge is 2.27. The van der Waals surface area contributed by atoms with E-state index in [0.717, 1.165) is 35.7 Å². The van der Waals surface area contributed by atoms with Gasteiger partial charge in [0, 0.05) is 12.6 Å². The van der Waals surface area contributed by atoms with Gasteiger partial charge >= 0.3 is 0 Å². The summed E-state index contributed by atoms with van der Waals surface area (Å²) in [5.74, 6) is 0.636. The molecule has 0 unspecified atom stereocenters. The summed E-state index contributed by atoms with van der Waals surface area (Å²) >= 11 is 3.07. The average molecular weight is 313 g/mol. The van der Waals surface area contributed by atoms with Crippen molar-refractivity contribution in [1.82, 2.24) is 5.32 Å². The van der Waals surface area contributed by atoms with E-state index in [2.05, 4.69) is 24.5 Å². The molecule has 1 heterocycles. The number of rotatable bonds is 7. The van der Waals surface area contributed by atoms with Crippen molar-refractivity contribution in [1.29, 1.82) is 0 Å². The Balaban J connectivity index is 2.08. The Hall–Kier alpha value is -0.880. The molecule has 0 bridgehead atoms. The molecule has 112 valence electrons. The first-order valence-corrected chi connectivity index (χ1v) is 9.08. The third-order valence-corrected chi connectivity index (χ3v) is 5.35. The molecule has 2 rings (SSSR count). The number of anilines is 2. The van der Waals surface area contributed by atoms with Crippen LogP contribution >= 0.6 is 23.1 Å². The molecule has 0 atom stereocenters. The van der Waals surface area contributed by atoms with Gasteiger partial charge in [-0.05, 0) is 31.4 Å². The van der Waals surface area contributed by atoms with Crippen LogP contribution in [0.3, 0.4) is 0 Å². The highest BCUT2D eigenvalue weighted by Crippen LogP contribution is 2.41. The lowest BCUT2D eigenvalue weighted by Gasteiger charge is -2.07. The maximum absolute atomic E-state index is 12.2. The number of nitrogens with two attached hydrogens (primary N) is 1. The van der Waals surface area contributed by atoms with E-state index in [1.54, 1.807) is 11.8 Å². The first-order valence-electron chi connectivity index (χ1n) is 7.04. The van der Waals surface area contributed by atoms with Crippen LogP contribution < -0.4 is 16.4 Å². The monoisotopic (exact) mass is 313 g/mol. The van der Waals surface area contributed by atoms with Crippen molar-refractivity contribution in [3.05, 3.63) is 4.88 Å². The first kappa shape index (κ1) is 15.5. The van der Waals surface area contributed by atoms with Crippen molar-refractivity contribution in [3.8, 4) is 0 Å². The van der Waals surface area contributed by atoms with Gasteiger partial charge in [0.1, 0.15) is 9.88 Å². The predicted molar refractivity (Wildman–Crippen MR) is 88.9 cm³/mol. The normalized spacial score (nSPS) is 14.6. The number of carbonyl (C=O) groups is 1. The molecule has 0 radical (unpaired) electrons. The molecule has 0 aromatic carbocycles. The largest absolute Gasteiger partial charge is 0.396 e. The van der Waals surface area contributed by atoms with Gasteiger partial charge in [-0.15, -0.1) is 23.1 Å². The minimum Gasteiger partial charge on any atom is -0.396 e. The van der Waals surface area contributed by atoms with E-state index < -0.39 is 0 Å². The Kier molecular flexibility index (Phi) is 5.21. The van der Waals surface area contributed by atoms with E-state index in [-0.39, 0.29) is 5.91 Å². The second-order valence-corrected chi connectivity index (χ2v) is 7.40. The smallest absolute Gasteiger partial charge is 0.263 e. The zero-order chi connectivity index (χ0) is 14.7. The molecule has 0 saturated heterocycles. The van der Waals surface area contributed by atoms with E-state index in [9.17, 15) is 4.79 Å². The Morgan fingerprint density at radius 1 is 1.50 bits per heavy atom. The van der Waals surface area contributed by atoms with Crippen LogP contribution in [-0.4, -0.2) is 24.7 Å². The molecule has 4 N–H and O–H groups in total. The van der Waals surface area contributed by atoms with Crippen molar-refractivity contribution in [2.24, 2.45) is 5.92 Å². The zero-order valence-electron chi connectivity index (χ0n) is 12.3. The van der Waals surface area contributed by atoms with Gasteiger partial charge in [0.15, 0.2) is 0 Å². The summed E-state index contributed by atoms with van der Waals surface area (Å²) in [7, 11) is 0. The van der Waals surface area contributed by atoms with Crippen molar-refractivity contribution in [2.45, 2.75) is 44.0 Å². The predicted octanol–water partition coefficient (Wildman–Crippen LogP) is 3.40. The molecule has 6 heteroatoms. The van der Waals surface area contributed by atoms with Crippen LogP contribution in [0.4, 0.5) is 10.7 Å². The molecule has 1 fully saturated rings.